The van der Waals surface area contributed by atoms with Gasteiger partial charge in [-0.25, -0.2) is 0 Å². The summed E-state index contributed by atoms with van der Waals surface area (Å²) in [6.07, 6.45) is 5.51. The molecule has 1 aromatic carbocycles. The van der Waals surface area contributed by atoms with Gasteiger partial charge in [0.1, 0.15) is 5.75 Å². The number of anilines is 1. The predicted molar refractivity (Wildman–Crippen MR) is 139 cm³/mol. The van der Waals surface area contributed by atoms with Gasteiger partial charge in [-0.2, -0.15) is 0 Å². The molecule has 0 spiro atoms. The van der Waals surface area contributed by atoms with Gasteiger partial charge in [-0.1, -0.05) is 6.07 Å². The molecule has 4 heterocycles. The maximum Gasteiger partial charge on any atom is 0.174 e. The fourth-order valence-electron chi connectivity index (χ4n) is 4.79. The van der Waals surface area contributed by atoms with E-state index in [0.717, 1.165) is 34.2 Å². The number of benzene rings is 1. The highest BCUT2D eigenvalue weighted by atomic mass is 32.1. The summed E-state index contributed by atoms with van der Waals surface area (Å²) < 4.78 is 7.90. The Morgan fingerprint density at radius 1 is 1.00 bits per heavy atom. The van der Waals surface area contributed by atoms with E-state index in [-0.39, 0.29) is 12.1 Å². The lowest BCUT2D eigenvalue weighted by molar-refractivity contribution is 0.340. The van der Waals surface area contributed by atoms with Gasteiger partial charge in [0.25, 0.3) is 0 Å². The predicted octanol–water partition coefficient (Wildman–Crippen LogP) is 5.46. The van der Waals surface area contributed by atoms with E-state index in [4.69, 9.17) is 17.0 Å². The van der Waals surface area contributed by atoms with Gasteiger partial charge in [-0.15, -0.1) is 0 Å². The zero-order chi connectivity index (χ0) is 23.7. The van der Waals surface area contributed by atoms with E-state index in [9.17, 15) is 0 Å². The van der Waals surface area contributed by atoms with Crippen LogP contribution in [0.4, 0.5) is 5.69 Å². The lowest BCUT2D eigenvalue weighted by Gasteiger charge is -2.28. The third-order valence-corrected chi connectivity index (χ3v) is 6.53. The van der Waals surface area contributed by atoms with E-state index in [1.54, 1.807) is 6.20 Å². The largest absolute Gasteiger partial charge is 0.494 e. The number of aromatic nitrogens is 3. The summed E-state index contributed by atoms with van der Waals surface area (Å²) in [7, 11) is 0. The molecule has 0 unspecified atom stereocenters. The minimum absolute atomic E-state index is 0.0723. The van der Waals surface area contributed by atoms with E-state index in [2.05, 4.69) is 68.9 Å². The van der Waals surface area contributed by atoms with Gasteiger partial charge < -0.3 is 19.5 Å². The molecule has 1 aliphatic rings. The number of rotatable bonds is 6. The first-order valence-corrected chi connectivity index (χ1v) is 11.8. The molecule has 7 heteroatoms. The standard InChI is InChI=1S/C27H27N5OS/c1-4-33-22-12-10-20(11-13-22)32-26(25(30-27(32)34)24-9-5-6-15-29-24)23-16-18(2)31(19(23)3)21-8-7-14-28-17-21/h5-17,25-26H,4H2,1-3H3,(H,30,34)/t25-,26-/m1/s1. The van der Waals surface area contributed by atoms with Crippen LogP contribution >= 0.6 is 12.2 Å². The smallest absolute Gasteiger partial charge is 0.174 e. The van der Waals surface area contributed by atoms with Gasteiger partial charge in [-0.3, -0.25) is 9.97 Å². The Morgan fingerprint density at radius 2 is 1.82 bits per heavy atom. The second-order valence-corrected chi connectivity index (χ2v) is 8.68. The van der Waals surface area contributed by atoms with E-state index >= 15 is 0 Å². The zero-order valence-corrected chi connectivity index (χ0v) is 20.3. The second kappa shape index (κ2) is 9.27. The molecule has 2 atom stereocenters. The maximum atomic E-state index is 5.88. The number of nitrogens with one attached hydrogen (secondary N) is 1. The third kappa shape index (κ3) is 3.92. The summed E-state index contributed by atoms with van der Waals surface area (Å²) in [5.41, 5.74) is 6.49. The zero-order valence-electron chi connectivity index (χ0n) is 19.5. The van der Waals surface area contributed by atoms with Crippen molar-refractivity contribution in [1.82, 2.24) is 19.9 Å². The van der Waals surface area contributed by atoms with E-state index in [0.29, 0.717) is 11.7 Å². The molecule has 5 rings (SSSR count). The number of thiocarbonyl (C=S) groups is 1. The van der Waals surface area contributed by atoms with Crippen molar-refractivity contribution in [2.75, 3.05) is 11.5 Å². The Balaban J connectivity index is 1.64. The number of nitrogens with zero attached hydrogens (tertiary/aromatic N) is 4. The number of ether oxygens (including phenoxy) is 1. The maximum absolute atomic E-state index is 5.88. The Hall–Kier alpha value is -3.71. The summed E-state index contributed by atoms with van der Waals surface area (Å²) in [4.78, 5) is 11.2. The van der Waals surface area contributed by atoms with Crippen molar-refractivity contribution < 1.29 is 4.74 Å². The van der Waals surface area contributed by atoms with Crippen LogP contribution in [0.5, 0.6) is 5.75 Å². The Bertz CT molecular complexity index is 1290. The monoisotopic (exact) mass is 469 g/mol. The first-order chi connectivity index (χ1) is 16.6. The minimum Gasteiger partial charge on any atom is -0.494 e. The lowest BCUT2D eigenvalue weighted by Crippen LogP contribution is -2.29. The molecule has 4 aromatic rings. The van der Waals surface area contributed by atoms with Crippen LogP contribution in [0.25, 0.3) is 5.69 Å². The van der Waals surface area contributed by atoms with E-state index < -0.39 is 0 Å². The van der Waals surface area contributed by atoms with Gasteiger partial charge in [0, 0.05) is 29.5 Å². The Morgan fingerprint density at radius 3 is 2.50 bits per heavy atom. The highest BCUT2D eigenvalue weighted by Gasteiger charge is 2.42. The fraction of sp³-hybridized carbons (Fsp3) is 0.222. The van der Waals surface area contributed by atoms with Crippen molar-refractivity contribution in [1.29, 1.82) is 0 Å². The summed E-state index contributed by atoms with van der Waals surface area (Å²) in [6, 6.07) is 20.2. The Kier molecular flexibility index (Phi) is 6.02. The van der Waals surface area contributed by atoms with Crippen LogP contribution in [0.15, 0.2) is 79.3 Å². The van der Waals surface area contributed by atoms with E-state index in [1.807, 2.05) is 49.6 Å². The molecule has 0 bridgehead atoms. The average molecular weight is 470 g/mol. The molecule has 0 radical (unpaired) electrons. The van der Waals surface area contributed by atoms with Gasteiger partial charge in [0.15, 0.2) is 5.11 Å². The normalized spacial score (nSPS) is 17.6. The van der Waals surface area contributed by atoms with Crippen molar-refractivity contribution in [3.8, 4) is 11.4 Å². The van der Waals surface area contributed by atoms with Crippen LogP contribution in [0, 0.1) is 13.8 Å². The molecule has 1 saturated heterocycles. The molecule has 0 amide bonds. The van der Waals surface area contributed by atoms with Gasteiger partial charge >= 0.3 is 0 Å². The van der Waals surface area contributed by atoms with Crippen LogP contribution in [0.2, 0.25) is 0 Å². The number of aryl methyl sites for hydroxylation is 1. The minimum atomic E-state index is -0.0943. The highest BCUT2D eigenvalue weighted by molar-refractivity contribution is 7.80. The fourth-order valence-corrected chi connectivity index (χ4v) is 5.13. The summed E-state index contributed by atoms with van der Waals surface area (Å²) in [5, 5.41) is 4.22. The van der Waals surface area contributed by atoms with Crippen molar-refractivity contribution in [3.63, 3.8) is 0 Å². The average Bonchev–Trinajstić information content (AvgIpc) is 3.36. The highest BCUT2D eigenvalue weighted by Crippen LogP contribution is 2.43. The first-order valence-electron chi connectivity index (χ1n) is 11.4. The number of hydrogen-bond donors (Lipinski definition) is 1. The topological polar surface area (TPSA) is 55.2 Å². The second-order valence-electron chi connectivity index (χ2n) is 8.30. The molecule has 3 aromatic heterocycles. The quantitative estimate of drug-likeness (QED) is 0.379. The van der Waals surface area contributed by atoms with Crippen LogP contribution in [0.3, 0.4) is 0 Å². The molecule has 172 valence electrons. The summed E-state index contributed by atoms with van der Waals surface area (Å²) in [5.74, 6) is 0.844. The molecule has 0 aliphatic carbocycles. The summed E-state index contributed by atoms with van der Waals surface area (Å²) in [6.45, 7) is 6.90. The van der Waals surface area contributed by atoms with Crippen LogP contribution < -0.4 is 15.0 Å². The molecule has 1 aliphatic heterocycles. The molecule has 0 saturated carbocycles. The van der Waals surface area contributed by atoms with Crippen LogP contribution in [0.1, 0.15) is 41.7 Å². The lowest BCUT2D eigenvalue weighted by atomic mass is 9.96. The van der Waals surface area contributed by atoms with Crippen molar-refractivity contribution in [3.05, 3.63) is 102 Å². The van der Waals surface area contributed by atoms with Crippen molar-refractivity contribution in [2.24, 2.45) is 0 Å². The third-order valence-electron chi connectivity index (χ3n) is 6.22. The molecule has 6 nitrogen and oxygen atoms in total. The first kappa shape index (κ1) is 22.1. The van der Waals surface area contributed by atoms with Gasteiger partial charge in [0.2, 0.25) is 0 Å². The molecular formula is C27H27N5OS. The summed E-state index contributed by atoms with van der Waals surface area (Å²) >= 11 is 5.88. The molecular weight excluding hydrogens is 442 g/mol. The molecule has 1 fully saturated rings. The molecule has 34 heavy (non-hydrogen) atoms. The Labute approximate surface area is 205 Å². The SMILES string of the molecule is CCOc1ccc(N2C(=S)N[C@H](c3ccccn3)[C@H]2c2cc(C)n(-c3cccnc3)c2C)cc1. The molecule has 1 N–H and O–H groups in total. The van der Waals surface area contributed by atoms with Gasteiger partial charge in [0.05, 0.1) is 36.3 Å². The van der Waals surface area contributed by atoms with Crippen LogP contribution in [-0.2, 0) is 0 Å². The van der Waals surface area contributed by atoms with E-state index in [1.165, 1.54) is 5.56 Å². The van der Waals surface area contributed by atoms with Crippen molar-refractivity contribution >= 4 is 23.0 Å². The van der Waals surface area contributed by atoms with Crippen molar-refractivity contribution in [2.45, 2.75) is 32.9 Å². The number of pyridine rings is 2. The van der Waals surface area contributed by atoms with Crippen LogP contribution in [-0.4, -0.2) is 26.3 Å². The number of hydrogen-bond acceptors (Lipinski definition) is 4. The van der Waals surface area contributed by atoms with Gasteiger partial charge in [-0.05, 0) is 93.1 Å².